The monoisotopic (exact) mass is 434 g/mol. The Morgan fingerprint density at radius 1 is 0.844 bits per heavy atom. The van der Waals surface area contributed by atoms with E-state index in [4.69, 9.17) is 24.0 Å². The molecule has 0 radical (unpaired) electrons. The zero-order valence-corrected chi connectivity index (χ0v) is 18.5. The summed E-state index contributed by atoms with van der Waals surface area (Å²) in [5.74, 6) is 1.73. The quantitative estimate of drug-likeness (QED) is 0.320. The molecular formula is C26H30N2O4. The van der Waals surface area contributed by atoms with E-state index in [0.717, 1.165) is 60.1 Å². The van der Waals surface area contributed by atoms with Crippen LogP contribution in [0.5, 0.6) is 11.5 Å². The van der Waals surface area contributed by atoms with Crippen LogP contribution in [0.4, 0.5) is 0 Å². The largest absolute Gasteiger partial charge is 0.491 e. The van der Waals surface area contributed by atoms with E-state index in [9.17, 15) is 0 Å². The summed E-state index contributed by atoms with van der Waals surface area (Å²) in [5.41, 5.74) is 5.57. The van der Waals surface area contributed by atoms with Crippen molar-refractivity contribution in [2.75, 3.05) is 26.4 Å². The molecule has 0 saturated carbocycles. The molecule has 5 rings (SSSR count). The topological polar surface area (TPSA) is 72.2 Å². The Labute approximate surface area is 188 Å². The number of benzene rings is 2. The van der Waals surface area contributed by atoms with Gasteiger partial charge in [0.2, 0.25) is 0 Å². The number of epoxide rings is 2. The molecular weight excluding hydrogens is 404 g/mol. The molecule has 2 saturated heterocycles. The number of hydrogen-bond donors (Lipinski definition) is 1. The van der Waals surface area contributed by atoms with Gasteiger partial charge < -0.3 is 18.9 Å². The van der Waals surface area contributed by atoms with Crippen molar-refractivity contribution >= 4 is 0 Å². The number of ether oxygens (including phenoxy) is 4. The number of aromatic amines is 1. The Kier molecular flexibility index (Phi) is 6.41. The molecule has 2 aliphatic rings. The molecule has 168 valence electrons. The Balaban J connectivity index is 1.35. The first-order valence-corrected chi connectivity index (χ1v) is 11.6. The van der Waals surface area contributed by atoms with E-state index in [-0.39, 0.29) is 12.2 Å². The lowest BCUT2D eigenvalue weighted by molar-refractivity contribution is 0.263. The number of nitrogens with zero attached hydrogens (tertiary/aromatic N) is 1. The van der Waals surface area contributed by atoms with Gasteiger partial charge in [-0.25, -0.2) is 0 Å². The number of hydrogen-bond acceptors (Lipinski definition) is 5. The molecule has 2 aliphatic heterocycles. The predicted octanol–water partition coefficient (Wildman–Crippen LogP) is 5.03. The summed E-state index contributed by atoms with van der Waals surface area (Å²) in [6, 6.07) is 16.4. The maximum absolute atomic E-state index is 5.78. The van der Waals surface area contributed by atoms with Gasteiger partial charge >= 0.3 is 0 Å². The van der Waals surface area contributed by atoms with Crippen LogP contribution in [0.2, 0.25) is 0 Å². The SMILES string of the molecule is CCCCCc1c(-c2ccc(OCC3CO3)cc2)n[nH]c1-c1ccc(OCC2CO2)cc1. The molecule has 32 heavy (non-hydrogen) atoms. The normalized spacial score (nSPS) is 19.0. The first kappa shape index (κ1) is 21.0. The summed E-state index contributed by atoms with van der Waals surface area (Å²) in [7, 11) is 0. The van der Waals surface area contributed by atoms with Gasteiger partial charge in [0.1, 0.15) is 36.9 Å². The van der Waals surface area contributed by atoms with E-state index in [2.05, 4.69) is 36.3 Å². The lowest BCUT2D eigenvalue weighted by Gasteiger charge is -2.09. The number of rotatable bonds is 12. The fourth-order valence-electron chi connectivity index (χ4n) is 3.77. The van der Waals surface area contributed by atoms with E-state index in [1.165, 1.54) is 18.4 Å². The van der Waals surface area contributed by atoms with Crippen LogP contribution in [0.15, 0.2) is 48.5 Å². The van der Waals surface area contributed by atoms with Crippen LogP contribution in [0, 0.1) is 0 Å². The lowest BCUT2D eigenvalue weighted by atomic mass is 9.97. The summed E-state index contributed by atoms with van der Waals surface area (Å²) in [4.78, 5) is 0. The second-order valence-electron chi connectivity index (χ2n) is 8.46. The molecule has 6 heteroatoms. The van der Waals surface area contributed by atoms with Crippen molar-refractivity contribution in [3.8, 4) is 34.0 Å². The van der Waals surface area contributed by atoms with Gasteiger partial charge in [0.15, 0.2) is 0 Å². The Hall–Kier alpha value is -2.83. The molecule has 2 aromatic carbocycles. The zero-order chi connectivity index (χ0) is 21.8. The first-order chi connectivity index (χ1) is 15.8. The van der Waals surface area contributed by atoms with Crippen LogP contribution < -0.4 is 9.47 Å². The molecule has 0 spiro atoms. The van der Waals surface area contributed by atoms with Gasteiger partial charge in [0.25, 0.3) is 0 Å². The van der Waals surface area contributed by atoms with Gasteiger partial charge in [-0.05, 0) is 61.4 Å². The van der Waals surface area contributed by atoms with Gasteiger partial charge in [0, 0.05) is 16.7 Å². The van der Waals surface area contributed by atoms with Crippen LogP contribution in [-0.2, 0) is 15.9 Å². The predicted molar refractivity (Wildman–Crippen MR) is 123 cm³/mol. The minimum absolute atomic E-state index is 0.257. The molecule has 2 atom stereocenters. The maximum Gasteiger partial charge on any atom is 0.119 e. The molecule has 6 nitrogen and oxygen atoms in total. The highest BCUT2D eigenvalue weighted by Gasteiger charge is 2.24. The van der Waals surface area contributed by atoms with Crippen LogP contribution in [0.1, 0.15) is 31.7 Å². The Morgan fingerprint density at radius 2 is 1.41 bits per heavy atom. The van der Waals surface area contributed by atoms with E-state index in [1.807, 2.05) is 24.3 Å². The highest BCUT2D eigenvalue weighted by molar-refractivity contribution is 5.74. The maximum atomic E-state index is 5.78. The molecule has 0 amide bonds. The lowest BCUT2D eigenvalue weighted by Crippen LogP contribution is -2.03. The molecule has 3 aromatic rings. The molecule has 3 heterocycles. The third-order valence-corrected chi connectivity index (χ3v) is 5.84. The summed E-state index contributed by atoms with van der Waals surface area (Å²) < 4.78 is 22.0. The van der Waals surface area contributed by atoms with Gasteiger partial charge in [-0.15, -0.1) is 0 Å². The van der Waals surface area contributed by atoms with Gasteiger partial charge in [-0.3, -0.25) is 5.10 Å². The molecule has 1 N–H and O–H groups in total. The number of unbranched alkanes of at least 4 members (excludes halogenated alkanes) is 2. The third kappa shape index (κ3) is 5.31. The average molecular weight is 435 g/mol. The van der Waals surface area contributed by atoms with Crippen LogP contribution in [0.3, 0.4) is 0 Å². The second-order valence-corrected chi connectivity index (χ2v) is 8.46. The molecule has 0 aliphatic carbocycles. The highest BCUT2D eigenvalue weighted by Crippen LogP contribution is 2.33. The van der Waals surface area contributed by atoms with Gasteiger partial charge in [-0.1, -0.05) is 19.8 Å². The summed E-state index contributed by atoms with van der Waals surface area (Å²) in [6.45, 7) is 5.06. The Bertz CT molecular complexity index is 928. The number of aromatic nitrogens is 2. The smallest absolute Gasteiger partial charge is 0.119 e. The summed E-state index contributed by atoms with van der Waals surface area (Å²) in [5, 5.41) is 8.01. The van der Waals surface area contributed by atoms with Crippen molar-refractivity contribution in [1.82, 2.24) is 10.2 Å². The molecule has 1 aromatic heterocycles. The van der Waals surface area contributed by atoms with E-state index in [1.54, 1.807) is 0 Å². The number of nitrogens with one attached hydrogen (secondary N) is 1. The minimum Gasteiger partial charge on any atom is -0.491 e. The number of H-pyrrole nitrogens is 1. The van der Waals surface area contributed by atoms with E-state index in [0.29, 0.717) is 13.2 Å². The van der Waals surface area contributed by atoms with Crippen molar-refractivity contribution in [2.24, 2.45) is 0 Å². The second kappa shape index (κ2) is 9.76. The standard InChI is InChI=1S/C26H30N2O4/c1-2-3-4-5-24-25(18-6-10-20(11-7-18)29-14-22-16-31-22)27-28-26(24)19-8-12-21(13-9-19)30-15-23-17-32-23/h6-13,22-23H,2-5,14-17H2,1H3,(H,27,28). The third-order valence-electron chi connectivity index (χ3n) is 5.84. The van der Waals surface area contributed by atoms with Crippen molar-refractivity contribution in [2.45, 2.75) is 44.8 Å². The van der Waals surface area contributed by atoms with E-state index >= 15 is 0 Å². The first-order valence-electron chi connectivity index (χ1n) is 11.6. The van der Waals surface area contributed by atoms with Gasteiger partial charge in [-0.2, -0.15) is 5.10 Å². The van der Waals surface area contributed by atoms with Crippen molar-refractivity contribution in [3.05, 3.63) is 54.1 Å². The zero-order valence-electron chi connectivity index (χ0n) is 18.5. The van der Waals surface area contributed by atoms with Crippen LogP contribution in [0.25, 0.3) is 22.5 Å². The summed E-state index contributed by atoms with van der Waals surface area (Å²) in [6.07, 6.45) is 5.04. The van der Waals surface area contributed by atoms with E-state index < -0.39 is 0 Å². The Morgan fingerprint density at radius 3 is 1.94 bits per heavy atom. The van der Waals surface area contributed by atoms with Gasteiger partial charge in [0.05, 0.1) is 24.6 Å². The van der Waals surface area contributed by atoms with Crippen LogP contribution >= 0.6 is 0 Å². The molecule has 2 fully saturated rings. The fraction of sp³-hybridized carbons (Fsp3) is 0.423. The summed E-state index contributed by atoms with van der Waals surface area (Å²) >= 11 is 0. The molecule has 2 unspecified atom stereocenters. The minimum atomic E-state index is 0.257. The molecule has 0 bridgehead atoms. The highest BCUT2D eigenvalue weighted by atomic mass is 16.6. The average Bonchev–Trinajstić information content (AvgIpc) is 3.76. The van der Waals surface area contributed by atoms with Crippen molar-refractivity contribution in [1.29, 1.82) is 0 Å². The fourth-order valence-corrected chi connectivity index (χ4v) is 3.77. The van der Waals surface area contributed by atoms with Crippen LogP contribution in [-0.4, -0.2) is 48.8 Å². The van der Waals surface area contributed by atoms with Crippen molar-refractivity contribution in [3.63, 3.8) is 0 Å². The van der Waals surface area contributed by atoms with Crippen molar-refractivity contribution < 1.29 is 18.9 Å².